The number of aromatic nitrogens is 2. The van der Waals surface area contributed by atoms with E-state index in [4.69, 9.17) is 5.73 Å². The van der Waals surface area contributed by atoms with Crippen LogP contribution >= 0.6 is 0 Å². The molecule has 2 heterocycles. The fourth-order valence-electron chi connectivity index (χ4n) is 2.11. The monoisotopic (exact) mass is 302 g/mol. The van der Waals surface area contributed by atoms with Crippen molar-refractivity contribution in [3.63, 3.8) is 0 Å². The Hall–Kier alpha value is -2.54. The van der Waals surface area contributed by atoms with E-state index in [1.54, 1.807) is 30.5 Å². The van der Waals surface area contributed by atoms with Crippen molar-refractivity contribution in [1.82, 2.24) is 9.97 Å². The van der Waals surface area contributed by atoms with Gasteiger partial charge >= 0.3 is 0 Å². The van der Waals surface area contributed by atoms with Gasteiger partial charge in [-0.1, -0.05) is 0 Å². The Bertz CT molecular complexity index is 916. The van der Waals surface area contributed by atoms with Crippen molar-refractivity contribution in [2.45, 2.75) is 11.8 Å². The molecule has 3 rings (SSSR count). The number of H-pyrrole nitrogens is 1. The number of aryl methyl sites for hydroxylation is 1. The van der Waals surface area contributed by atoms with Crippen molar-refractivity contribution in [3.05, 3.63) is 48.4 Å². The summed E-state index contributed by atoms with van der Waals surface area (Å²) in [6, 6.07) is 6.80. The van der Waals surface area contributed by atoms with Gasteiger partial charge in [-0.25, -0.2) is 8.42 Å². The van der Waals surface area contributed by atoms with Crippen LogP contribution in [0.3, 0.4) is 0 Å². The van der Waals surface area contributed by atoms with E-state index in [2.05, 4.69) is 14.7 Å². The summed E-state index contributed by atoms with van der Waals surface area (Å²) in [5.41, 5.74) is 8.21. The summed E-state index contributed by atoms with van der Waals surface area (Å²) in [4.78, 5) is 7.04. The summed E-state index contributed by atoms with van der Waals surface area (Å²) < 4.78 is 27.6. The van der Waals surface area contributed by atoms with Gasteiger partial charge in [-0.15, -0.1) is 0 Å². The normalized spacial score (nSPS) is 11.7. The minimum Gasteiger partial charge on any atom is -0.399 e. The summed E-state index contributed by atoms with van der Waals surface area (Å²) >= 11 is 0. The Morgan fingerprint density at radius 3 is 2.86 bits per heavy atom. The number of benzene rings is 1. The van der Waals surface area contributed by atoms with Crippen molar-refractivity contribution in [2.75, 3.05) is 10.5 Å². The maximum Gasteiger partial charge on any atom is 0.264 e. The van der Waals surface area contributed by atoms with Crippen molar-refractivity contribution < 1.29 is 8.42 Å². The fraction of sp³-hybridized carbons (Fsp3) is 0.0714. The molecule has 0 saturated carbocycles. The standard InChI is InChI=1S/C14H14N4O2S/c1-9-4-5-16-7-13(9)18-21(19,20)14-8-17-12-6-10(15)2-3-11(12)14/h2-8,17-18H,15H2,1H3. The quantitative estimate of drug-likeness (QED) is 0.646. The lowest BCUT2D eigenvalue weighted by atomic mass is 10.2. The van der Waals surface area contributed by atoms with Gasteiger partial charge in [0, 0.05) is 29.0 Å². The maximum atomic E-state index is 12.5. The van der Waals surface area contributed by atoms with Crippen molar-refractivity contribution in [3.8, 4) is 0 Å². The van der Waals surface area contributed by atoms with Crippen LogP contribution in [-0.4, -0.2) is 18.4 Å². The highest BCUT2D eigenvalue weighted by Crippen LogP contribution is 2.26. The zero-order valence-electron chi connectivity index (χ0n) is 11.3. The number of hydrogen-bond acceptors (Lipinski definition) is 4. The lowest BCUT2D eigenvalue weighted by Crippen LogP contribution is -2.13. The van der Waals surface area contributed by atoms with Gasteiger partial charge in [-0.3, -0.25) is 9.71 Å². The van der Waals surface area contributed by atoms with Crippen LogP contribution in [0.5, 0.6) is 0 Å². The molecule has 0 aliphatic heterocycles. The van der Waals surface area contributed by atoms with Gasteiger partial charge in [-0.2, -0.15) is 0 Å². The number of pyridine rings is 1. The number of nitrogens with zero attached hydrogens (tertiary/aromatic N) is 1. The van der Waals surface area contributed by atoms with Gasteiger partial charge < -0.3 is 10.7 Å². The van der Waals surface area contributed by atoms with Crippen LogP contribution in [0.4, 0.5) is 11.4 Å². The molecule has 2 aromatic heterocycles. The molecule has 3 aromatic rings. The van der Waals surface area contributed by atoms with Gasteiger partial charge in [0.1, 0.15) is 4.90 Å². The molecule has 0 atom stereocenters. The molecular weight excluding hydrogens is 288 g/mol. The number of hydrogen-bond donors (Lipinski definition) is 3. The highest BCUT2D eigenvalue weighted by Gasteiger charge is 2.19. The number of fused-ring (bicyclic) bond motifs is 1. The van der Waals surface area contributed by atoms with Gasteiger partial charge in [0.2, 0.25) is 0 Å². The first-order valence-electron chi connectivity index (χ1n) is 6.27. The van der Waals surface area contributed by atoms with Crippen LogP contribution in [0.15, 0.2) is 47.8 Å². The fourth-order valence-corrected chi connectivity index (χ4v) is 3.40. The lowest BCUT2D eigenvalue weighted by Gasteiger charge is -2.09. The second-order valence-corrected chi connectivity index (χ2v) is 6.40. The molecule has 0 aliphatic carbocycles. The van der Waals surface area contributed by atoms with E-state index < -0.39 is 10.0 Å². The average Bonchev–Trinajstić information content (AvgIpc) is 2.85. The summed E-state index contributed by atoms with van der Waals surface area (Å²) in [5, 5.41) is 0.596. The summed E-state index contributed by atoms with van der Waals surface area (Å²) in [6.45, 7) is 1.81. The number of nitrogen functional groups attached to an aromatic ring is 1. The molecule has 1 aromatic carbocycles. The minimum absolute atomic E-state index is 0.181. The Morgan fingerprint density at radius 1 is 1.29 bits per heavy atom. The minimum atomic E-state index is -3.69. The second kappa shape index (κ2) is 4.78. The predicted octanol–water partition coefficient (Wildman–Crippen LogP) is 2.25. The van der Waals surface area contributed by atoms with E-state index in [1.165, 1.54) is 12.4 Å². The molecule has 0 radical (unpaired) electrons. The third kappa shape index (κ3) is 2.43. The van der Waals surface area contributed by atoms with E-state index in [1.807, 2.05) is 6.92 Å². The largest absolute Gasteiger partial charge is 0.399 e. The molecule has 0 bridgehead atoms. The van der Waals surface area contributed by atoms with E-state index >= 15 is 0 Å². The third-order valence-electron chi connectivity index (χ3n) is 3.24. The average molecular weight is 302 g/mol. The molecule has 21 heavy (non-hydrogen) atoms. The van der Waals surface area contributed by atoms with Gasteiger partial charge in [0.15, 0.2) is 0 Å². The topological polar surface area (TPSA) is 101 Å². The number of aromatic amines is 1. The van der Waals surface area contributed by atoms with Crippen LogP contribution in [0.1, 0.15) is 5.56 Å². The summed E-state index contributed by atoms with van der Waals surface area (Å²) in [6.07, 6.45) is 4.56. The van der Waals surface area contributed by atoms with Crippen LogP contribution in [0.2, 0.25) is 0 Å². The number of nitrogens with two attached hydrogens (primary N) is 1. The van der Waals surface area contributed by atoms with Crippen LogP contribution in [0.25, 0.3) is 10.9 Å². The number of rotatable bonds is 3. The molecule has 6 nitrogen and oxygen atoms in total. The second-order valence-electron chi connectivity index (χ2n) is 4.75. The molecule has 108 valence electrons. The highest BCUT2D eigenvalue weighted by atomic mass is 32.2. The van der Waals surface area contributed by atoms with Crippen molar-refractivity contribution in [1.29, 1.82) is 0 Å². The Balaban J connectivity index is 2.07. The Labute approximate surface area is 122 Å². The number of sulfonamides is 1. The zero-order chi connectivity index (χ0) is 15.0. The highest BCUT2D eigenvalue weighted by molar-refractivity contribution is 7.93. The first-order chi connectivity index (χ1) is 9.97. The van der Waals surface area contributed by atoms with E-state index in [0.717, 1.165) is 5.56 Å². The third-order valence-corrected chi connectivity index (χ3v) is 4.65. The van der Waals surface area contributed by atoms with Gasteiger partial charge in [0.25, 0.3) is 10.0 Å². The van der Waals surface area contributed by atoms with Crippen LogP contribution in [0, 0.1) is 6.92 Å². The number of anilines is 2. The number of nitrogens with one attached hydrogen (secondary N) is 2. The zero-order valence-corrected chi connectivity index (χ0v) is 12.1. The summed E-state index contributed by atoms with van der Waals surface area (Å²) in [7, 11) is -3.69. The molecule has 0 saturated heterocycles. The van der Waals surface area contributed by atoms with E-state index in [9.17, 15) is 8.42 Å². The van der Waals surface area contributed by atoms with Crippen molar-refractivity contribution >= 4 is 32.3 Å². The lowest BCUT2D eigenvalue weighted by molar-refractivity contribution is 0.602. The smallest absolute Gasteiger partial charge is 0.264 e. The van der Waals surface area contributed by atoms with Gasteiger partial charge in [0.05, 0.1) is 11.9 Å². The van der Waals surface area contributed by atoms with Gasteiger partial charge in [-0.05, 0) is 36.8 Å². The van der Waals surface area contributed by atoms with Crippen molar-refractivity contribution in [2.24, 2.45) is 0 Å². The van der Waals surface area contributed by atoms with Crippen LogP contribution in [-0.2, 0) is 10.0 Å². The Kier molecular flexibility index (Phi) is 3.06. The molecule has 0 spiro atoms. The van der Waals surface area contributed by atoms with E-state index in [-0.39, 0.29) is 4.90 Å². The molecule has 0 fully saturated rings. The maximum absolute atomic E-state index is 12.5. The molecule has 7 heteroatoms. The molecule has 0 unspecified atom stereocenters. The molecule has 0 amide bonds. The first-order valence-corrected chi connectivity index (χ1v) is 7.76. The first kappa shape index (κ1) is 13.4. The van der Waals surface area contributed by atoms with E-state index in [0.29, 0.717) is 22.3 Å². The predicted molar refractivity (Wildman–Crippen MR) is 82.5 cm³/mol. The summed E-state index contributed by atoms with van der Waals surface area (Å²) in [5.74, 6) is 0. The molecule has 4 N–H and O–H groups in total. The SMILES string of the molecule is Cc1ccncc1NS(=O)(=O)c1c[nH]c2cc(N)ccc12. The molecular formula is C14H14N4O2S. The van der Waals surface area contributed by atoms with Crippen LogP contribution < -0.4 is 10.5 Å². The Morgan fingerprint density at radius 2 is 2.10 bits per heavy atom. The molecule has 0 aliphatic rings.